The van der Waals surface area contributed by atoms with E-state index in [2.05, 4.69) is 5.10 Å². The van der Waals surface area contributed by atoms with E-state index in [1.807, 2.05) is 24.3 Å². The lowest BCUT2D eigenvalue weighted by Gasteiger charge is -2.11. The molecule has 1 saturated carbocycles. The van der Waals surface area contributed by atoms with Crippen LogP contribution < -0.4 is 4.74 Å². The van der Waals surface area contributed by atoms with Crippen molar-refractivity contribution in [1.29, 1.82) is 0 Å². The predicted octanol–water partition coefficient (Wildman–Crippen LogP) is 4.56. The molecule has 0 amide bonds. The molecular weight excluding hydrogens is 295 g/mol. The molecule has 1 aliphatic rings. The first-order chi connectivity index (χ1) is 9.72. The van der Waals surface area contributed by atoms with Gasteiger partial charge in [-0.3, -0.25) is 0 Å². The third-order valence-corrected chi connectivity index (χ3v) is 4.18. The molecule has 0 radical (unpaired) electrons. The van der Waals surface area contributed by atoms with Crippen molar-refractivity contribution in [2.45, 2.75) is 38.3 Å². The largest absolute Gasteiger partial charge is 0.486 e. The quantitative estimate of drug-likeness (QED) is 0.827. The molecule has 0 aliphatic heterocycles. The molecule has 2 aromatic rings. The smallest absolute Gasteiger partial charge is 0.176 e. The Labute approximate surface area is 128 Å². The van der Waals surface area contributed by atoms with Gasteiger partial charge >= 0.3 is 0 Å². The molecule has 0 saturated heterocycles. The molecule has 1 heterocycles. The summed E-state index contributed by atoms with van der Waals surface area (Å²) in [4.78, 5) is 0. The van der Waals surface area contributed by atoms with E-state index >= 15 is 0 Å². The highest BCUT2D eigenvalue weighted by Gasteiger charge is 2.19. The Bertz CT molecular complexity index is 591. The SMILES string of the molecule is Clc1cccc(Cn2ncc(OC3CCCC3)c2Cl)c1. The summed E-state index contributed by atoms with van der Waals surface area (Å²) in [5.74, 6) is 0.681. The van der Waals surface area contributed by atoms with Gasteiger partial charge in [0, 0.05) is 5.02 Å². The average molecular weight is 311 g/mol. The fourth-order valence-electron chi connectivity index (χ4n) is 2.54. The fourth-order valence-corrected chi connectivity index (χ4v) is 2.95. The number of rotatable bonds is 4. The van der Waals surface area contributed by atoms with Gasteiger partial charge < -0.3 is 4.74 Å². The third-order valence-electron chi connectivity index (χ3n) is 3.56. The maximum absolute atomic E-state index is 6.33. The summed E-state index contributed by atoms with van der Waals surface area (Å²) in [6, 6.07) is 7.69. The summed E-state index contributed by atoms with van der Waals surface area (Å²) in [6.45, 7) is 0.591. The van der Waals surface area contributed by atoms with Crippen LogP contribution >= 0.6 is 23.2 Å². The summed E-state index contributed by atoms with van der Waals surface area (Å²) in [5, 5.41) is 5.57. The molecule has 0 bridgehead atoms. The number of hydrogen-bond donors (Lipinski definition) is 0. The van der Waals surface area contributed by atoms with Crippen molar-refractivity contribution in [2.24, 2.45) is 0 Å². The van der Waals surface area contributed by atoms with E-state index in [4.69, 9.17) is 27.9 Å². The molecule has 20 heavy (non-hydrogen) atoms. The van der Waals surface area contributed by atoms with E-state index < -0.39 is 0 Å². The molecule has 1 aliphatic carbocycles. The van der Waals surface area contributed by atoms with E-state index in [-0.39, 0.29) is 6.10 Å². The van der Waals surface area contributed by atoms with Crippen LogP contribution in [-0.4, -0.2) is 15.9 Å². The minimum absolute atomic E-state index is 0.288. The van der Waals surface area contributed by atoms with Gasteiger partial charge in [0.1, 0.15) is 0 Å². The Kier molecular flexibility index (Phi) is 4.18. The number of hydrogen-bond acceptors (Lipinski definition) is 2. The summed E-state index contributed by atoms with van der Waals surface area (Å²) >= 11 is 12.3. The Morgan fingerprint density at radius 3 is 2.80 bits per heavy atom. The van der Waals surface area contributed by atoms with Crippen molar-refractivity contribution in [1.82, 2.24) is 9.78 Å². The lowest BCUT2D eigenvalue weighted by Crippen LogP contribution is -2.10. The predicted molar refractivity (Wildman–Crippen MR) is 80.7 cm³/mol. The van der Waals surface area contributed by atoms with Crippen LogP contribution in [0.15, 0.2) is 30.5 Å². The summed E-state index contributed by atoms with van der Waals surface area (Å²) in [6.07, 6.45) is 6.67. The Hall–Kier alpha value is -1.19. The molecule has 5 heteroatoms. The van der Waals surface area contributed by atoms with Crippen LogP contribution in [0.3, 0.4) is 0 Å². The van der Waals surface area contributed by atoms with Gasteiger partial charge in [0.25, 0.3) is 0 Å². The van der Waals surface area contributed by atoms with Crippen molar-refractivity contribution in [2.75, 3.05) is 0 Å². The van der Waals surface area contributed by atoms with E-state index in [0.717, 1.165) is 18.4 Å². The lowest BCUT2D eigenvalue weighted by atomic mass is 10.2. The van der Waals surface area contributed by atoms with Crippen molar-refractivity contribution in [3.8, 4) is 5.75 Å². The first-order valence-electron chi connectivity index (χ1n) is 6.85. The monoisotopic (exact) mass is 310 g/mol. The maximum atomic E-state index is 6.33. The molecule has 0 atom stereocenters. The molecule has 1 aromatic heterocycles. The van der Waals surface area contributed by atoms with E-state index in [1.165, 1.54) is 12.8 Å². The molecule has 0 spiro atoms. The van der Waals surface area contributed by atoms with Crippen LogP contribution in [0.25, 0.3) is 0 Å². The summed E-state index contributed by atoms with van der Waals surface area (Å²) in [7, 11) is 0. The van der Waals surface area contributed by atoms with Gasteiger partial charge in [-0.15, -0.1) is 0 Å². The van der Waals surface area contributed by atoms with Crippen molar-refractivity contribution < 1.29 is 4.74 Å². The van der Waals surface area contributed by atoms with Gasteiger partial charge in [-0.05, 0) is 43.4 Å². The topological polar surface area (TPSA) is 27.1 Å². The second kappa shape index (κ2) is 6.06. The highest BCUT2D eigenvalue weighted by Crippen LogP contribution is 2.30. The minimum atomic E-state index is 0.288. The van der Waals surface area contributed by atoms with Crippen LogP contribution in [0.4, 0.5) is 0 Å². The highest BCUT2D eigenvalue weighted by atomic mass is 35.5. The molecule has 3 rings (SSSR count). The molecule has 0 unspecified atom stereocenters. The molecular formula is C15H16Cl2N2O. The lowest BCUT2D eigenvalue weighted by molar-refractivity contribution is 0.210. The van der Waals surface area contributed by atoms with Crippen molar-refractivity contribution >= 4 is 23.2 Å². The number of aromatic nitrogens is 2. The normalized spacial score (nSPS) is 15.7. The zero-order valence-electron chi connectivity index (χ0n) is 11.1. The number of ether oxygens (including phenoxy) is 1. The molecule has 106 valence electrons. The first-order valence-corrected chi connectivity index (χ1v) is 7.60. The Morgan fingerprint density at radius 2 is 2.05 bits per heavy atom. The standard InChI is InChI=1S/C15H16Cl2N2O/c16-12-5-3-4-11(8-12)10-19-15(17)14(9-18-19)20-13-6-1-2-7-13/h3-5,8-9,13H,1-2,6-7,10H2. The maximum Gasteiger partial charge on any atom is 0.176 e. The van der Waals surface area contributed by atoms with Crippen LogP contribution in [0.1, 0.15) is 31.2 Å². The highest BCUT2D eigenvalue weighted by molar-refractivity contribution is 6.31. The van der Waals surface area contributed by atoms with Crippen LogP contribution in [0.2, 0.25) is 10.2 Å². The fraction of sp³-hybridized carbons (Fsp3) is 0.400. The van der Waals surface area contributed by atoms with E-state index in [0.29, 0.717) is 22.5 Å². The molecule has 3 nitrogen and oxygen atoms in total. The Balaban J connectivity index is 1.72. The number of halogens is 2. The van der Waals surface area contributed by atoms with Crippen molar-refractivity contribution in [3.63, 3.8) is 0 Å². The third kappa shape index (κ3) is 3.10. The molecule has 0 N–H and O–H groups in total. The van der Waals surface area contributed by atoms with E-state index in [1.54, 1.807) is 10.9 Å². The first kappa shape index (κ1) is 13.8. The second-order valence-corrected chi connectivity index (χ2v) is 5.91. The second-order valence-electron chi connectivity index (χ2n) is 5.11. The van der Waals surface area contributed by atoms with Gasteiger partial charge in [0.05, 0.1) is 18.8 Å². The summed E-state index contributed by atoms with van der Waals surface area (Å²) in [5.41, 5.74) is 1.06. The minimum Gasteiger partial charge on any atom is -0.486 e. The molecule has 1 aromatic carbocycles. The van der Waals surface area contributed by atoms with Crippen molar-refractivity contribution in [3.05, 3.63) is 46.2 Å². The van der Waals surface area contributed by atoms with Crippen LogP contribution in [0.5, 0.6) is 5.75 Å². The Morgan fingerprint density at radius 1 is 1.25 bits per heavy atom. The van der Waals surface area contributed by atoms with Gasteiger partial charge in [0.2, 0.25) is 0 Å². The van der Waals surface area contributed by atoms with Crippen LogP contribution in [-0.2, 0) is 6.54 Å². The van der Waals surface area contributed by atoms with Gasteiger partial charge in [-0.25, -0.2) is 4.68 Å². The van der Waals surface area contributed by atoms with Crippen LogP contribution in [0, 0.1) is 0 Å². The number of benzene rings is 1. The zero-order chi connectivity index (χ0) is 13.9. The zero-order valence-corrected chi connectivity index (χ0v) is 12.6. The van der Waals surface area contributed by atoms with Gasteiger partial charge in [-0.2, -0.15) is 5.10 Å². The average Bonchev–Trinajstić information content (AvgIpc) is 3.04. The van der Waals surface area contributed by atoms with Gasteiger partial charge in [-0.1, -0.05) is 35.3 Å². The summed E-state index contributed by atoms with van der Waals surface area (Å²) < 4.78 is 7.64. The number of nitrogens with zero attached hydrogens (tertiary/aromatic N) is 2. The van der Waals surface area contributed by atoms with Gasteiger partial charge in [0.15, 0.2) is 10.9 Å². The molecule has 1 fully saturated rings. The van der Waals surface area contributed by atoms with E-state index in [9.17, 15) is 0 Å².